The Bertz CT molecular complexity index is 398. The molecule has 0 spiro atoms. The molecular formula is C12H15BrFNO2. The average Bonchev–Trinajstić information content (AvgIpc) is 2.26. The summed E-state index contributed by atoms with van der Waals surface area (Å²) in [5.74, 6) is -0.596. The van der Waals surface area contributed by atoms with E-state index in [1.54, 1.807) is 7.11 Å². The Morgan fingerprint density at radius 2 is 2.29 bits per heavy atom. The van der Waals surface area contributed by atoms with Crippen molar-refractivity contribution in [2.75, 3.05) is 13.7 Å². The van der Waals surface area contributed by atoms with Crippen LogP contribution in [0.4, 0.5) is 4.39 Å². The van der Waals surface area contributed by atoms with E-state index in [1.165, 1.54) is 18.2 Å². The summed E-state index contributed by atoms with van der Waals surface area (Å²) >= 11 is 3.16. The first kappa shape index (κ1) is 14.1. The lowest BCUT2D eigenvalue weighted by molar-refractivity contribution is 0.0929. The first-order valence-electron chi connectivity index (χ1n) is 5.29. The standard InChI is InChI=1S/C12H15BrFNO2/c1-8(5-6-17-2)15-12(16)10-4-3-9(14)7-11(10)13/h3-4,7-8H,5-6H2,1-2H3,(H,15,16). The van der Waals surface area contributed by atoms with Gasteiger partial charge in [0, 0.05) is 24.2 Å². The summed E-state index contributed by atoms with van der Waals surface area (Å²) in [4.78, 5) is 11.8. The largest absolute Gasteiger partial charge is 0.385 e. The molecule has 0 fully saturated rings. The van der Waals surface area contributed by atoms with E-state index in [4.69, 9.17) is 4.74 Å². The SMILES string of the molecule is COCCC(C)NC(=O)c1ccc(F)cc1Br. The normalized spacial score (nSPS) is 12.2. The van der Waals surface area contributed by atoms with Crippen molar-refractivity contribution in [2.24, 2.45) is 0 Å². The number of amides is 1. The molecule has 0 saturated heterocycles. The quantitative estimate of drug-likeness (QED) is 0.908. The van der Waals surface area contributed by atoms with Crippen LogP contribution in [-0.4, -0.2) is 25.7 Å². The molecular weight excluding hydrogens is 289 g/mol. The smallest absolute Gasteiger partial charge is 0.252 e. The lowest BCUT2D eigenvalue weighted by Crippen LogP contribution is -2.33. The second kappa shape index (κ2) is 6.71. The number of methoxy groups -OCH3 is 1. The van der Waals surface area contributed by atoms with E-state index in [2.05, 4.69) is 21.2 Å². The van der Waals surface area contributed by atoms with Crippen LogP contribution < -0.4 is 5.32 Å². The molecule has 0 heterocycles. The Hall–Kier alpha value is -0.940. The first-order chi connectivity index (χ1) is 8.04. The van der Waals surface area contributed by atoms with Gasteiger partial charge >= 0.3 is 0 Å². The third kappa shape index (κ3) is 4.44. The molecule has 0 aliphatic heterocycles. The van der Waals surface area contributed by atoms with Crippen molar-refractivity contribution in [3.8, 4) is 0 Å². The molecule has 1 unspecified atom stereocenters. The minimum absolute atomic E-state index is 0.0133. The average molecular weight is 304 g/mol. The van der Waals surface area contributed by atoms with Gasteiger partial charge in [0.25, 0.3) is 5.91 Å². The zero-order chi connectivity index (χ0) is 12.8. The van der Waals surface area contributed by atoms with Crippen molar-refractivity contribution >= 4 is 21.8 Å². The van der Waals surface area contributed by atoms with Gasteiger partial charge in [-0.2, -0.15) is 0 Å². The maximum Gasteiger partial charge on any atom is 0.252 e. The van der Waals surface area contributed by atoms with Crippen LogP contribution in [-0.2, 0) is 4.74 Å². The summed E-state index contributed by atoms with van der Waals surface area (Å²) in [6.07, 6.45) is 0.737. The van der Waals surface area contributed by atoms with E-state index < -0.39 is 0 Å². The highest BCUT2D eigenvalue weighted by atomic mass is 79.9. The Kier molecular flexibility index (Phi) is 5.58. The highest BCUT2D eigenvalue weighted by Gasteiger charge is 2.13. The Morgan fingerprint density at radius 3 is 2.88 bits per heavy atom. The summed E-state index contributed by atoms with van der Waals surface area (Å²) in [5, 5.41) is 2.82. The fourth-order valence-electron chi connectivity index (χ4n) is 1.34. The van der Waals surface area contributed by atoms with Crippen molar-refractivity contribution in [3.05, 3.63) is 34.1 Å². The zero-order valence-corrected chi connectivity index (χ0v) is 11.4. The summed E-state index contributed by atoms with van der Waals surface area (Å²) in [6, 6.07) is 4.01. The van der Waals surface area contributed by atoms with Crippen LogP contribution in [0.15, 0.2) is 22.7 Å². The van der Waals surface area contributed by atoms with Crippen LogP contribution in [0, 0.1) is 5.82 Å². The van der Waals surface area contributed by atoms with E-state index in [0.29, 0.717) is 16.6 Å². The molecule has 0 saturated carbocycles. The Balaban J connectivity index is 2.63. The van der Waals surface area contributed by atoms with Crippen LogP contribution in [0.3, 0.4) is 0 Å². The molecule has 1 atom stereocenters. The molecule has 1 N–H and O–H groups in total. The first-order valence-corrected chi connectivity index (χ1v) is 6.08. The molecule has 5 heteroatoms. The van der Waals surface area contributed by atoms with Crippen molar-refractivity contribution in [1.29, 1.82) is 0 Å². The minimum atomic E-state index is -0.374. The van der Waals surface area contributed by atoms with E-state index in [9.17, 15) is 9.18 Å². The molecule has 1 aromatic carbocycles. The van der Waals surface area contributed by atoms with Gasteiger partial charge in [-0.3, -0.25) is 4.79 Å². The number of halogens is 2. The third-order valence-electron chi connectivity index (χ3n) is 2.31. The molecule has 1 amide bonds. The lowest BCUT2D eigenvalue weighted by Gasteiger charge is -2.14. The van der Waals surface area contributed by atoms with Gasteiger partial charge in [-0.1, -0.05) is 0 Å². The van der Waals surface area contributed by atoms with Crippen molar-refractivity contribution < 1.29 is 13.9 Å². The molecule has 0 aliphatic carbocycles. The van der Waals surface area contributed by atoms with E-state index in [-0.39, 0.29) is 17.8 Å². The maximum atomic E-state index is 12.9. The summed E-state index contributed by atoms with van der Waals surface area (Å²) in [7, 11) is 1.62. The van der Waals surface area contributed by atoms with E-state index in [0.717, 1.165) is 6.42 Å². The number of hydrogen-bond acceptors (Lipinski definition) is 2. The van der Waals surface area contributed by atoms with Crippen LogP contribution in [0.5, 0.6) is 0 Å². The van der Waals surface area contributed by atoms with Crippen molar-refractivity contribution in [2.45, 2.75) is 19.4 Å². The Morgan fingerprint density at radius 1 is 1.59 bits per heavy atom. The highest BCUT2D eigenvalue weighted by molar-refractivity contribution is 9.10. The molecule has 3 nitrogen and oxygen atoms in total. The number of nitrogens with one attached hydrogen (secondary N) is 1. The van der Waals surface area contributed by atoms with Crippen LogP contribution >= 0.6 is 15.9 Å². The maximum absolute atomic E-state index is 12.9. The highest BCUT2D eigenvalue weighted by Crippen LogP contribution is 2.18. The predicted octanol–water partition coefficient (Wildman–Crippen LogP) is 2.74. The number of ether oxygens (including phenoxy) is 1. The zero-order valence-electron chi connectivity index (χ0n) is 9.80. The molecule has 0 aromatic heterocycles. The lowest BCUT2D eigenvalue weighted by atomic mass is 10.2. The molecule has 17 heavy (non-hydrogen) atoms. The van der Waals surface area contributed by atoms with Crippen LogP contribution in [0.25, 0.3) is 0 Å². The molecule has 0 bridgehead atoms. The number of carbonyl (C=O) groups excluding carboxylic acids is 1. The molecule has 1 rings (SSSR count). The van der Waals surface area contributed by atoms with Crippen LogP contribution in [0.2, 0.25) is 0 Å². The van der Waals surface area contributed by atoms with Gasteiger partial charge in [-0.25, -0.2) is 4.39 Å². The molecule has 0 aliphatic rings. The van der Waals surface area contributed by atoms with Crippen molar-refractivity contribution in [3.63, 3.8) is 0 Å². The third-order valence-corrected chi connectivity index (χ3v) is 2.96. The van der Waals surface area contributed by atoms with Crippen molar-refractivity contribution in [1.82, 2.24) is 5.32 Å². The Labute approximate surface area is 108 Å². The second-order valence-electron chi connectivity index (χ2n) is 3.78. The number of carbonyl (C=O) groups is 1. The summed E-state index contributed by atoms with van der Waals surface area (Å²) < 4.78 is 18.2. The summed E-state index contributed by atoms with van der Waals surface area (Å²) in [5.41, 5.74) is 0.427. The monoisotopic (exact) mass is 303 g/mol. The second-order valence-corrected chi connectivity index (χ2v) is 4.63. The molecule has 1 aromatic rings. The number of benzene rings is 1. The topological polar surface area (TPSA) is 38.3 Å². The summed E-state index contributed by atoms with van der Waals surface area (Å²) in [6.45, 7) is 2.49. The predicted molar refractivity (Wildman–Crippen MR) is 67.5 cm³/mol. The number of rotatable bonds is 5. The van der Waals surface area contributed by atoms with E-state index >= 15 is 0 Å². The van der Waals surface area contributed by atoms with E-state index in [1.807, 2.05) is 6.92 Å². The fourth-order valence-corrected chi connectivity index (χ4v) is 1.87. The van der Waals surface area contributed by atoms with Gasteiger partial charge in [-0.05, 0) is 47.5 Å². The fraction of sp³-hybridized carbons (Fsp3) is 0.417. The van der Waals surface area contributed by atoms with Crippen LogP contribution in [0.1, 0.15) is 23.7 Å². The molecule has 0 radical (unpaired) electrons. The van der Waals surface area contributed by atoms with Gasteiger partial charge in [0.2, 0.25) is 0 Å². The van der Waals surface area contributed by atoms with Gasteiger partial charge in [-0.15, -0.1) is 0 Å². The van der Waals surface area contributed by atoms with Gasteiger partial charge in [0.05, 0.1) is 5.56 Å². The van der Waals surface area contributed by atoms with Gasteiger partial charge in [0.15, 0.2) is 0 Å². The minimum Gasteiger partial charge on any atom is -0.385 e. The number of hydrogen-bond donors (Lipinski definition) is 1. The van der Waals surface area contributed by atoms with Gasteiger partial charge < -0.3 is 10.1 Å². The van der Waals surface area contributed by atoms with Gasteiger partial charge in [0.1, 0.15) is 5.82 Å². The molecule has 94 valence electrons.